The summed E-state index contributed by atoms with van der Waals surface area (Å²) in [5, 5.41) is 0. The van der Waals surface area contributed by atoms with Crippen LogP contribution >= 0.6 is 0 Å². The van der Waals surface area contributed by atoms with Crippen LogP contribution in [0.1, 0.15) is 38.5 Å². The van der Waals surface area contributed by atoms with Crippen molar-refractivity contribution in [3.05, 3.63) is 0 Å². The summed E-state index contributed by atoms with van der Waals surface area (Å²) in [6.07, 6.45) is 5.99. The normalized spacial score (nSPS) is 24.1. The van der Waals surface area contributed by atoms with Crippen LogP contribution in [0.4, 0.5) is 0 Å². The maximum Gasteiger partial charge on any atom is 0.237 e. The van der Waals surface area contributed by atoms with E-state index in [-0.39, 0.29) is 5.91 Å². The second-order valence-corrected chi connectivity index (χ2v) is 3.43. The summed E-state index contributed by atoms with van der Waals surface area (Å²) in [5.41, 5.74) is 10.3. The molecule has 1 aliphatic carbocycles. The van der Waals surface area contributed by atoms with Gasteiger partial charge >= 0.3 is 0 Å². The summed E-state index contributed by atoms with van der Waals surface area (Å²) in [7, 11) is 0. The van der Waals surface area contributed by atoms with Crippen molar-refractivity contribution < 1.29 is 4.79 Å². The lowest BCUT2D eigenvalue weighted by Gasteiger charge is -2.23. The zero-order valence-electron chi connectivity index (χ0n) is 6.81. The van der Waals surface area contributed by atoms with E-state index >= 15 is 0 Å². The molecule has 0 aromatic rings. The van der Waals surface area contributed by atoms with Gasteiger partial charge in [0.1, 0.15) is 0 Å². The van der Waals surface area contributed by atoms with Gasteiger partial charge in [-0.2, -0.15) is 0 Å². The van der Waals surface area contributed by atoms with Crippen molar-refractivity contribution in [1.29, 1.82) is 0 Å². The number of nitrogens with two attached hydrogens (primary N) is 2. The molecule has 11 heavy (non-hydrogen) atoms. The van der Waals surface area contributed by atoms with Crippen LogP contribution in [0, 0.1) is 0 Å². The Kier molecular flexibility index (Phi) is 2.49. The molecule has 0 unspecified atom stereocenters. The summed E-state index contributed by atoms with van der Waals surface area (Å²) in [5.74, 6) is -0.334. The van der Waals surface area contributed by atoms with E-state index in [9.17, 15) is 4.79 Å². The van der Waals surface area contributed by atoms with Crippen molar-refractivity contribution in [2.24, 2.45) is 11.5 Å². The number of carbonyl (C=O) groups excluding carboxylic acids is 1. The first kappa shape index (κ1) is 8.53. The fraction of sp³-hybridized carbons (Fsp3) is 0.875. The summed E-state index contributed by atoms with van der Waals surface area (Å²) in [6.45, 7) is 0. The second-order valence-electron chi connectivity index (χ2n) is 3.43. The summed E-state index contributed by atoms with van der Waals surface area (Å²) in [6, 6.07) is 0. The van der Waals surface area contributed by atoms with Crippen LogP contribution in [0.5, 0.6) is 0 Å². The zero-order chi connectivity index (χ0) is 8.32. The molecule has 1 rings (SSSR count). The van der Waals surface area contributed by atoms with E-state index in [0.29, 0.717) is 0 Å². The van der Waals surface area contributed by atoms with Gasteiger partial charge < -0.3 is 11.5 Å². The molecule has 1 saturated carbocycles. The van der Waals surface area contributed by atoms with Gasteiger partial charge in [-0.1, -0.05) is 25.7 Å². The Morgan fingerprint density at radius 3 is 1.91 bits per heavy atom. The van der Waals surface area contributed by atoms with Gasteiger partial charge in [0.25, 0.3) is 0 Å². The Labute approximate surface area is 67.1 Å². The molecule has 0 radical (unpaired) electrons. The lowest BCUT2D eigenvalue weighted by molar-refractivity contribution is -0.123. The van der Waals surface area contributed by atoms with E-state index in [0.717, 1.165) is 25.7 Å². The maximum atomic E-state index is 10.9. The third kappa shape index (κ3) is 1.93. The van der Waals surface area contributed by atoms with Crippen LogP contribution in [0.3, 0.4) is 0 Å². The fourth-order valence-electron chi connectivity index (χ4n) is 1.61. The molecule has 0 saturated heterocycles. The van der Waals surface area contributed by atoms with Crippen molar-refractivity contribution in [2.75, 3.05) is 0 Å². The van der Waals surface area contributed by atoms with Gasteiger partial charge in [-0.15, -0.1) is 0 Å². The number of amides is 1. The zero-order valence-corrected chi connectivity index (χ0v) is 6.81. The van der Waals surface area contributed by atoms with Crippen molar-refractivity contribution >= 4 is 5.91 Å². The number of carbonyl (C=O) groups is 1. The second kappa shape index (κ2) is 3.22. The summed E-state index contributed by atoms with van der Waals surface area (Å²) < 4.78 is 0. The molecule has 3 heteroatoms. The van der Waals surface area contributed by atoms with E-state index in [4.69, 9.17) is 11.5 Å². The van der Waals surface area contributed by atoms with Crippen LogP contribution in [0.25, 0.3) is 0 Å². The molecule has 0 spiro atoms. The molecule has 4 N–H and O–H groups in total. The van der Waals surface area contributed by atoms with Gasteiger partial charge in [-0.25, -0.2) is 0 Å². The van der Waals surface area contributed by atoms with Gasteiger partial charge in [0, 0.05) is 0 Å². The highest BCUT2D eigenvalue weighted by Crippen LogP contribution is 2.24. The van der Waals surface area contributed by atoms with Crippen molar-refractivity contribution in [3.63, 3.8) is 0 Å². The quantitative estimate of drug-likeness (QED) is 0.543. The van der Waals surface area contributed by atoms with E-state index in [2.05, 4.69) is 0 Å². The van der Waals surface area contributed by atoms with Gasteiger partial charge in [-0.3, -0.25) is 4.79 Å². The average Bonchev–Trinajstić information content (AvgIpc) is 2.15. The molecular weight excluding hydrogens is 140 g/mol. The van der Waals surface area contributed by atoms with Crippen LogP contribution in [0.2, 0.25) is 0 Å². The van der Waals surface area contributed by atoms with Crippen LogP contribution in [-0.4, -0.2) is 11.4 Å². The lowest BCUT2D eigenvalue weighted by atomic mass is 9.91. The predicted octanol–water partition coefficient (Wildman–Crippen LogP) is 0.523. The van der Waals surface area contributed by atoms with Gasteiger partial charge in [-0.05, 0) is 12.8 Å². The van der Waals surface area contributed by atoms with E-state index in [1.165, 1.54) is 12.8 Å². The minimum Gasteiger partial charge on any atom is -0.368 e. The average molecular weight is 156 g/mol. The molecule has 3 nitrogen and oxygen atoms in total. The Morgan fingerprint density at radius 1 is 1.09 bits per heavy atom. The van der Waals surface area contributed by atoms with Crippen molar-refractivity contribution in [3.8, 4) is 0 Å². The molecule has 0 aliphatic heterocycles. The van der Waals surface area contributed by atoms with Crippen LogP contribution in [-0.2, 0) is 4.79 Å². The molecule has 1 fully saturated rings. The van der Waals surface area contributed by atoms with E-state index in [1.807, 2.05) is 0 Å². The third-order valence-electron chi connectivity index (χ3n) is 2.49. The largest absolute Gasteiger partial charge is 0.368 e. The van der Waals surface area contributed by atoms with Crippen LogP contribution in [0.15, 0.2) is 0 Å². The monoisotopic (exact) mass is 156 g/mol. The number of hydrogen-bond donors (Lipinski definition) is 2. The molecule has 1 amide bonds. The first-order valence-corrected chi connectivity index (χ1v) is 4.24. The fourth-order valence-corrected chi connectivity index (χ4v) is 1.61. The number of rotatable bonds is 1. The van der Waals surface area contributed by atoms with E-state index in [1.54, 1.807) is 0 Å². The molecule has 0 heterocycles. The van der Waals surface area contributed by atoms with Crippen LogP contribution < -0.4 is 11.5 Å². The molecule has 64 valence electrons. The first-order valence-electron chi connectivity index (χ1n) is 4.24. The highest BCUT2D eigenvalue weighted by Gasteiger charge is 2.31. The van der Waals surface area contributed by atoms with Gasteiger partial charge in [0.2, 0.25) is 5.91 Å². The SMILES string of the molecule is NC(=O)C1(N)CCCCCC1. The first-order chi connectivity index (χ1) is 5.15. The lowest BCUT2D eigenvalue weighted by Crippen LogP contribution is -2.51. The van der Waals surface area contributed by atoms with Crippen molar-refractivity contribution in [1.82, 2.24) is 0 Å². The predicted molar refractivity (Wildman–Crippen MR) is 43.8 cm³/mol. The van der Waals surface area contributed by atoms with Crippen molar-refractivity contribution in [2.45, 2.75) is 44.1 Å². The third-order valence-corrected chi connectivity index (χ3v) is 2.49. The van der Waals surface area contributed by atoms with Gasteiger partial charge in [0.15, 0.2) is 0 Å². The molecule has 0 bridgehead atoms. The molecule has 0 atom stereocenters. The Balaban J connectivity index is 2.59. The summed E-state index contributed by atoms with van der Waals surface area (Å²) >= 11 is 0. The topological polar surface area (TPSA) is 69.1 Å². The van der Waals surface area contributed by atoms with Gasteiger partial charge in [0.05, 0.1) is 5.54 Å². The molecule has 0 aromatic carbocycles. The molecule has 0 aromatic heterocycles. The molecular formula is C8H16N2O. The standard InChI is InChI=1S/C8H16N2O/c9-7(11)8(10)5-3-1-2-4-6-8/h1-6,10H2,(H2,9,11). The Morgan fingerprint density at radius 2 is 1.55 bits per heavy atom. The minimum atomic E-state index is -0.698. The Bertz CT molecular complexity index is 148. The number of hydrogen-bond acceptors (Lipinski definition) is 2. The summed E-state index contributed by atoms with van der Waals surface area (Å²) in [4.78, 5) is 10.9. The highest BCUT2D eigenvalue weighted by molar-refractivity contribution is 5.84. The van der Waals surface area contributed by atoms with E-state index < -0.39 is 5.54 Å². The maximum absolute atomic E-state index is 10.9. The highest BCUT2D eigenvalue weighted by atomic mass is 16.1. The smallest absolute Gasteiger partial charge is 0.237 e. The minimum absolute atomic E-state index is 0.334. The molecule has 1 aliphatic rings. The Hall–Kier alpha value is -0.570. The number of primary amides is 1.